The van der Waals surface area contributed by atoms with Crippen molar-refractivity contribution < 1.29 is 16.8 Å². The molecular formula is C23H32Cl2N2O4S2. The average molecular weight is 536 g/mol. The van der Waals surface area contributed by atoms with E-state index in [-0.39, 0.29) is 28.8 Å². The molecule has 2 aromatic carbocycles. The van der Waals surface area contributed by atoms with Gasteiger partial charge in [-0.3, -0.25) is 0 Å². The van der Waals surface area contributed by atoms with E-state index < -0.39 is 19.9 Å². The van der Waals surface area contributed by atoms with E-state index in [0.29, 0.717) is 37.4 Å². The molecule has 0 atom stereocenters. The fourth-order valence-electron chi connectivity index (χ4n) is 4.66. The predicted molar refractivity (Wildman–Crippen MR) is 136 cm³/mol. The van der Waals surface area contributed by atoms with E-state index >= 15 is 0 Å². The summed E-state index contributed by atoms with van der Waals surface area (Å²) in [5.41, 5.74) is 7.89. The van der Waals surface area contributed by atoms with Crippen molar-refractivity contribution in [1.29, 1.82) is 0 Å². The Morgan fingerprint density at radius 1 is 1.03 bits per heavy atom. The lowest BCUT2D eigenvalue weighted by atomic mass is 9.68. The van der Waals surface area contributed by atoms with E-state index in [4.69, 9.17) is 17.3 Å². The maximum absolute atomic E-state index is 12.6. The first-order valence-electron chi connectivity index (χ1n) is 10.7. The Kier molecular flexibility index (Phi) is 9.41. The van der Waals surface area contributed by atoms with Gasteiger partial charge in [-0.1, -0.05) is 35.9 Å². The number of halogens is 2. The van der Waals surface area contributed by atoms with Gasteiger partial charge in [-0.25, -0.2) is 16.8 Å². The lowest BCUT2D eigenvalue weighted by molar-refractivity contribution is 0.193. The molecular weight excluding hydrogens is 503 g/mol. The average Bonchev–Trinajstić information content (AvgIpc) is 2.73. The van der Waals surface area contributed by atoms with Crippen LogP contribution in [0.5, 0.6) is 0 Å². The van der Waals surface area contributed by atoms with Crippen LogP contribution >= 0.6 is 24.0 Å². The third-order valence-electron chi connectivity index (χ3n) is 6.52. The van der Waals surface area contributed by atoms with Gasteiger partial charge in [-0.2, -0.15) is 4.31 Å². The molecule has 0 saturated heterocycles. The van der Waals surface area contributed by atoms with Crippen molar-refractivity contribution in [3.05, 3.63) is 64.7 Å². The van der Waals surface area contributed by atoms with Gasteiger partial charge >= 0.3 is 0 Å². The first-order valence-corrected chi connectivity index (χ1v) is 14.8. The van der Waals surface area contributed by atoms with Crippen LogP contribution in [-0.4, -0.2) is 52.8 Å². The Morgan fingerprint density at radius 3 is 2.21 bits per heavy atom. The van der Waals surface area contributed by atoms with Gasteiger partial charge in [0.1, 0.15) is 0 Å². The molecule has 0 radical (unpaired) electrons. The summed E-state index contributed by atoms with van der Waals surface area (Å²) in [4.78, 5) is 0.243. The van der Waals surface area contributed by atoms with Crippen molar-refractivity contribution in [3.63, 3.8) is 0 Å². The summed E-state index contributed by atoms with van der Waals surface area (Å²) in [5, 5.41) is 0.673. The van der Waals surface area contributed by atoms with Crippen molar-refractivity contribution in [3.8, 4) is 0 Å². The second-order valence-electron chi connectivity index (χ2n) is 8.77. The van der Waals surface area contributed by atoms with Crippen LogP contribution in [0.25, 0.3) is 0 Å². The van der Waals surface area contributed by atoms with Gasteiger partial charge in [0.25, 0.3) is 0 Å². The Morgan fingerprint density at radius 2 is 1.67 bits per heavy atom. The minimum atomic E-state index is -3.43. The standard InChI is InChI=1S/C23H31ClN2O4S2.ClH/c1-31(27,28)22-8-3-5-18(15-22)11-14-26(32(2,29)30)21-9-12-23(17-25,13-10-21)19-6-4-7-20(24)16-19;/h3-8,15-16,21H,9-14,17,25H2,1-2H3;1H/t21-,23+;. The fourth-order valence-corrected chi connectivity index (χ4v) is 6.72. The van der Waals surface area contributed by atoms with E-state index in [1.54, 1.807) is 22.5 Å². The summed E-state index contributed by atoms with van der Waals surface area (Å²) in [6.45, 7) is 0.792. The second-order valence-corrected chi connectivity index (χ2v) is 13.2. The van der Waals surface area contributed by atoms with Crippen molar-refractivity contribution >= 4 is 43.9 Å². The van der Waals surface area contributed by atoms with E-state index in [1.807, 2.05) is 30.3 Å². The van der Waals surface area contributed by atoms with Gasteiger partial charge in [-0.15, -0.1) is 12.4 Å². The van der Waals surface area contributed by atoms with Crippen molar-refractivity contribution in [2.45, 2.75) is 48.5 Å². The summed E-state index contributed by atoms with van der Waals surface area (Å²) in [6.07, 6.45) is 5.83. The molecule has 0 aromatic heterocycles. The fraction of sp³-hybridized carbons (Fsp3) is 0.478. The zero-order chi connectivity index (χ0) is 23.6. The van der Waals surface area contributed by atoms with Crippen LogP contribution in [0.15, 0.2) is 53.4 Å². The van der Waals surface area contributed by atoms with Crippen molar-refractivity contribution in [2.75, 3.05) is 25.6 Å². The molecule has 2 N–H and O–H groups in total. The monoisotopic (exact) mass is 534 g/mol. The largest absolute Gasteiger partial charge is 0.330 e. The van der Waals surface area contributed by atoms with Gasteiger partial charge in [0, 0.05) is 35.8 Å². The summed E-state index contributed by atoms with van der Waals surface area (Å²) >= 11 is 6.19. The summed E-state index contributed by atoms with van der Waals surface area (Å²) < 4.78 is 50.5. The molecule has 0 amide bonds. The van der Waals surface area contributed by atoms with Gasteiger partial charge in [0.2, 0.25) is 10.0 Å². The van der Waals surface area contributed by atoms with Crippen LogP contribution in [0, 0.1) is 0 Å². The number of sulfonamides is 1. The van der Waals surface area contributed by atoms with Crippen LogP contribution in [0.3, 0.4) is 0 Å². The van der Waals surface area contributed by atoms with Crippen molar-refractivity contribution in [2.24, 2.45) is 5.73 Å². The molecule has 0 spiro atoms. The number of hydrogen-bond donors (Lipinski definition) is 1. The van der Waals surface area contributed by atoms with E-state index in [9.17, 15) is 16.8 Å². The Bertz CT molecular complexity index is 1160. The molecule has 3 rings (SSSR count). The zero-order valence-corrected chi connectivity index (χ0v) is 22.1. The minimum absolute atomic E-state index is 0. The molecule has 2 aromatic rings. The van der Waals surface area contributed by atoms with E-state index in [2.05, 4.69) is 0 Å². The van der Waals surface area contributed by atoms with Gasteiger partial charge in [-0.05, 0) is 67.5 Å². The molecule has 0 unspecified atom stereocenters. The normalized spacial score (nSPS) is 21.5. The first kappa shape index (κ1) is 28.1. The second kappa shape index (κ2) is 11.1. The first-order chi connectivity index (χ1) is 14.9. The van der Waals surface area contributed by atoms with Crippen molar-refractivity contribution in [1.82, 2.24) is 4.31 Å². The SMILES string of the molecule is CS(=O)(=O)c1cccc(CCN([C@H]2CC[C@@](CN)(c3cccc(Cl)c3)CC2)S(C)(=O)=O)c1.Cl. The molecule has 6 nitrogen and oxygen atoms in total. The Balaban J connectivity index is 0.00000385. The highest BCUT2D eigenvalue weighted by Crippen LogP contribution is 2.41. The van der Waals surface area contributed by atoms with Gasteiger partial charge in [0.05, 0.1) is 11.2 Å². The van der Waals surface area contributed by atoms with Gasteiger partial charge in [0.15, 0.2) is 9.84 Å². The molecule has 1 saturated carbocycles. The number of nitrogens with zero attached hydrogens (tertiary/aromatic N) is 1. The van der Waals surface area contributed by atoms with Crippen LogP contribution in [0.4, 0.5) is 0 Å². The molecule has 0 bridgehead atoms. The third-order valence-corrected chi connectivity index (χ3v) is 9.20. The number of hydrogen-bond acceptors (Lipinski definition) is 5. The lowest BCUT2D eigenvalue weighted by Gasteiger charge is -2.43. The minimum Gasteiger partial charge on any atom is -0.330 e. The van der Waals surface area contributed by atoms with Crippen LogP contribution in [-0.2, 0) is 31.7 Å². The number of benzene rings is 2. The maximum atomic E-state index is 12.6. The summed E-state index contributed by atoms with van der Waals surface area (Å²) in [6, 6.07) is 14.3. The molecule has 33 heavy (non-hydrogen) atoms. The lowest BCUT2D eigenvalue weighted by Crippen LogP contribution is -2.47. The third kappa shape index (κ3) is 6.93. The highest BCUT2D eigenvalue weighted by Gasteiger charge is 2.39. The Labute approximate surface area is 208 Å². The maximum Gasteiger partial charge on any atom is 0.211 e. The molecule has 1 aliphatic carbocycles. The highest BCUT2D eigenvalue weighted by atomic mass is 35.5. The van der Waals surface area contributed by atoms with Crippen LogP contribution in [0.2, 0.25) is 5.02 Å². The van der Waals surface area contributed by atoms with Gasteiger partial charge < -0.3 is 5.73 Å². The van der Waals surface area contributed by atoms with E-state index in [0.717, 1.165) is 24.0 Å². The zero-order valence-electron chi connectivity index (χ0n) is 18.9. The predicted octanol–water partition coefficient (Wildman–Crippen LogP) is 3.81. The Hall–Kier alpha value is -1.16. The molecule has 1 fully saturated rings. The smallest absolute Gasteiger partial charge is 0.211 e. The molecule has 0 heterocycles. The quantitative estimate of drug-likeness (QED) is 0.555. The summed E-state index contributed by atoms with van der Waals surface area (Å²) in [7, 11) is -6.74. The molecule has 0 aliphatic heterocycles. The van der Waals surface area contributed by atoms with Crippen LogP contribution in [0.1, 0.15) is 36.8 Å². The van der Waals surface area contributed by atoms with E-state index in [1.165, 1.54) is 12.5 Å². The summed E-state index contributed by atoms with van der Waals surface area (Å²) in [5.74, 6) is 0. The number of rotatable bonds is 8. The molecule has 1 aliphatic rings. The number of sulfone groups is 1. The molecule has 10 heteroatoms. The number of nitrogens with two attached hydrogens (primary N) is 1. The van der Waals surface area contributed by atoms with Crippen LogP contribution < -0.4 is 5.73 Å². The molecule has 184 valence electrons. The highest BCUT2D eigenvalue weighted by molar-refractivity contribution is 7.90. The topological polar surface area (TPSA) is 97.5 Å².